The molecule has 24 heavy (non-hydrogen) atoms. The third kappa shape index (κ3) is 3.86. The Labute approximate surface area is 154 Å². The highest BCUT2D eigenvalue weighted by Gasteiger charge is 2.14. The summed E-state index contributed by atoms with van der Waals surface area (Å²) in [5.41, 5.74) is 1.99. The normalized spacial score (nSPS) is 10.6. The molecule has 0 N–H and O–H groups in total. The van der Waals surface area contributed by atoms with Gasteiger partial charge in [0.1, 0.15) is 5.01 Å². The highest BCUT2D eigenvalue weighted by Crippen LogP contribution is 2.39. The van der Waals surface area contributed by atoms with Gasteiger partial charge in [-0.25, -0.2) is 4.98 Å². The zero-order valence-electron chi connectivity index (χ0n) is 13.3. The molecule has 0 saturated heterocycles. The molecule has 3 rings (SSSR count). The van der Waals surface area contributed by atoms with Gasteiger partial charge >= 0.3 is 0 Å². The maximum absolute atomic E-state index is 5.91. The van der Waals surface area contributed by atoms with Crippen molar-refractivity contribution in [2.75, 3.05) is 14.2 Å². The van der Waals surface area contributed by atoms with Gasteiger partial charge in [0.05, 0.1) is 25.5 Å². The molecule has 3 nitrogen and oxygen atoms in total. The van der Waals surface area contributed by atoms with Crippen molar-refractivity contribution in [1.29, 1.82) is 0 Å². The van der Waals surface area contributed by atoms with E-state index in [1.165, 1.54) is 4.90 Å². The summed E-state index contributed by atoms with van der Waals surface area (Å²) in [6.07, 6.45) is 0. The lowest BCUT2D eigenvalue weighted by atomic mass is 10.2. The van der Waals surface area contributed by atoms with Crippen LogP contribution in [0.2, 0.25) is 5.02 Å². The maximum atomic E-state index is 5.91. The van der Waals surface area contributed by atoms with Crippen LogP contribution in [0.5, 0.6) is 11.5 Å². The predicted octanol–water partition coefficient (Wildman–Crippen LogP) is 5.77. The highest BCUT2D eigenvalue weighted by atomic mass is 35.5. The van der Waals surface area contributed by atoms with Gasteiger partial charge in [0.25, 0.3) is 0 Å². The first-order chi connectivity index (χ1) is 11.7. The van der Waals surface area contributed by atoms with Crippen molar-refractivity contribution in [3.05, 3.63) is 58.6 Å². The molecule has 0 radical (unpaired) electrons. The molecule has 0 unspecified atom stereocenters. The van der Waals surface area contributed by atoms with Crippen LogP contribution in [0.25, 0.3) is 10.6 Å². The molecule has 0 amide bonds. The summed E-state index contributed by atoms with van der Waals surface area (Å²) in [5, 5.41) is 3.76. The molecule has 0 saturated carbocycles. The van der Waals surface area contributed by atoms with Gasteiger partial charge in [-0.1, -0.05) is 17.7 Å². The highest BCUT2D eigenvalue weighted by molar-refractivity contribution is 7.98. The second-order valence-electron chi connectivity index (χ2n) is 4.93. The van der Waals surface area contributed by atoms with Gasteiger partial charge in [0, 0.05) is 21.1 Å². The molecule has 2 aromatic carbocycles. The Hall–Kier alpha value is -1.69. The monoisotopic (exact) mass is 377 g/mol. The molecule has 124 valence electrons. The summed E-state index contributed by atoms with van der Waals surface area (Å²) in [6.45, 7) is 0. The van der Waals surface area contributed by atoms with Crippen LogP contribution in [0.3, 0.4) is 0 Å². The molecule has 3 aromatic rings. The molecule has 0 bridgehead atoms. The first-order valence-corrected chi connectivity index (χ1v) is 9.49. The molecule has 0 fully saturated rings. The topological polar surface area (TPSA) is 31.4 Å². The number of methoxy groups -OCH3 is 2. The van der Waals surface area contributed by atoms with Crippen LogP contribution in [0.15, 0.2) is 52.7 Å². The number of thioether (sulfide) groups is 1. The van der Waals surface area contributed by atoms with Gasteiger partial charge < -0.3 is 9.47 Å². The lowest BCUT2D eigenvalue weighted by molar-refractivity contribution is 0.356. The number of hydrogen-bond acceptors (Lipinski definition) is 5. The van der Waals surface area contributed by atoms with Crippen molar-refractivity contribution in [1.82, 2.24) is 4.98 Å². The van der Waals surface area contributed by atoms with Crippen molar-refractivity contribution in [3.8, 4) is 22.1 Å². The van der Waals surface area contributed by atoms with Crippen LogP contribution in [-0.2, 0) is 5.75 Å². The lowest BCUT2D eigenvalue weighted by Gasteiger charge is -2.10. The Morgan fingerprint density at radius 3 is 2.58 bits per heavy atom. The fraction of sp³-hybridized carbons (Fsp3) is 0.167. The average Bonchev–Trinajstić information content (AvgIpc) is 3.09. The minimum absolute atomic E-state index is 0.710. The van der Waals surface area contributed by atoms with Crippen molar-refractivity contribution in [2.45, 2.75) is 10.6 Å². The number of aromatic nitrogens is 1. The van der Waals surface area contributed by atoms with E-state index in [9.17, 15) is 0 Å². The van der Waals surface area contributed by atoms with Crippen LogP contribution in [-0.4, -0.2) is 19.2 Å². The molecule has 0 aliphatic heterocycles. The van der Waals surface area contributed by atoms with E-state index in [2.05, 4.69) is 5.38 Å². The lowest BCUT2D eigenvalue weighted by Crippen LogP contribution is -1.93. The quantitative estimate of drug-likeness (QED) is 0.510. The summed E-state index contributed by atoms with van der Waals surface area (Å²) >= 11 is 9.26. The fourth-order valence-corrected chi connectivity index (χ4v) is 4.10. The number of nitrogens with zero attached hydrogens (tertiary/aromatic N) is 1. The summed E-state index contributed by atoms with van der Waals surface area (Å²) < 4.78 is 10.9. The average molecular weight is 378 g/mol. The van der Waals surface area contributed by atoms with Crippen LogP contribution in [0.4, 0.5) is 0 Å². The predicted molar refractivity (Wildman–Crippen MR) is 102 cm³/mol. The molecule has 0 spiro atoms. The summed E-state index contributed by atoms with van der Waals surface area (Å²) in [4.78, 5) is 5.91. The number of halogens is 1. The third-order valence-electron chi connectivity index (χ3n) is 3.39. The Kier molecular flexibility index (Phi) is 5.66. The zero-order chi connectivity index (χ0) is 16.9. The third-order valence-corrected chi connectivity index (χ3v) is 5.61. The van der Waals surface area contributed by atoms with E-state index in [4.69, 9.17) is 26.1 Å². The molecule has 1 heterocycles. The smallest absolute Gasteiger partial charge is 0.170 e. The largest absolute Gasteiger partial charge is 0.493 e. The van der Waals surface area contributed by atoms with E-state index in [-0.39, 0.29) is 0 Å². The van der Waals surface area contributed by atoms with Crippen molar-refractivity contribution in [2.24, 2.45) is 0 Å². The van der Waals surface area contributed by atoms with Gasteiger partial charge in [0.15, 0.2) is 11.5 Å². The molecule has 0 atom stereocenters. The number of thiazole rings is 1. The number of benzene rings is 2. The van der Waals surface area contributed by atoms with Gasteiger partial charge in [-0.2, -0.15) is 0 Å². The second kappa shape index (κ2) is 7.92. The van der Waals surface area contributed by atoms with E-state index in [0.717, 1.165) is 27.0 Å². The molecule has 1 aromatic heterocycles. The standard InChI is InChI=1S/C18H16ClNO2S2/c1-21-16-5-3-4-15(17(16)22-2)18-20-13(11-24-18)10-23-14-8-6-12(19)7-9-14/h3-9,11H,10H2,1-2H3. The maximum Gasteiger partial charge on any atom is 0.170 e. The first kappa shape index (κ1) is 17.1. The fourth-order valence-electron chi connectivity index (χ4n) is 2.24. The number of para-hydroxylation sites is 1. The van der Waals surface area contributed by atoms with Gasteiger partial charge in [0.2, 0.25) is 0 Å². The molecule has 0 aliphatic carbocycles. The zero-order valence-corrected chi connectivity index (χ0v) is 15.7. The van der Waals surface area contributed by atoms with Crippen LogP contribution in [0, 0.1) is 0 Å². The minimum atomic E-state index is 0.710. The molecular formula is C18H16ClNO2S2. The second-order valence-corrected chi connectivity index (χ2v) is 7.27. The number of ether oxygens (including phenoxy) is 2. The SMILES string of the molecule is COc1cccc(-c2nc(CSc3ccc(Cl)cc3)cs2)c1OC. The minimum Gasteiger partial charge on any atom is -0.493 e. The van der Waals surface area contributed by atoms with Crippen molar-refractivity contribution < 1.29 is 9.47 Å². The Balaban J connectivity index is 1.77. The molecule has 0 aliphatic rings. The van der Waals surface area contributed by atoms with Crippen LogP contribution >= 0.6 is 34.7 Å². The first-order valence-electron chi connectivity index (χ1n) is 7.25. The van der Waals surface area contributed by atoms with E-state index < -0.39 is 0 Å². The van der Waals surface area contributed by atoms with E-state index >= 15 is 0 Å². The van der Waals surface area contributed by atoms with Crippen molar-refractivity contribution >= 4 is 34.7 Å². The number of rotatable bonds is 6. The van der Waals surface area contributed by atoms with E-state index in [1.54, 1.807) is 37.3 Å². The van der Waals surface area contributed by atoms with Gasteiger partial charge in [-0.3, -0.25) is 0 Å². The summed E-state index contributed by atoms with van der Waals surface area (Å²) in [6, 6.07) is 13.7. The molecular weight excluding hydrogens is 362 g/mol. The summed E-state index contributed by atoms with van der Waals surface area (Å²) in [7, 11) is 3.28. The number of hydrogen-bond donors (Lipinski definition) is 0. The summed E-state index contributed by atoms with van der Waals surface area (Å²) in [5.74, 6) is 2.23. The van der Waals surface area contributed by atoms with Crippen LogP contribution in [0.1, 0.15) is 5.69 Å². The Morgan fingerprint density at radius 2 is 1.88 bits per heavy atom. The van der Waals surface area contributed by atoms with E-state index in [1.807, 2.05) is 42.5 Å². The van der Waals surface area contributed by atoms with Crippen molar-refractivity contribution in [3.63, 3.8) is 0 Å². The Bertz CT molecular complexity index is 818. The van der Waals surface area contributed by atoms with Gasteiger partial charge in [-0.15, -0.1) is 23.1 Å². The van der Waals surface area contributed by atoms with Crippen LogP contribution < -0.4 is 9.47 Å². The Morgan fingerprint density at radius 1 is 1.08 bits per heavy atom. The van der Waals surface area contributed by atoms with Gasteiger partial charge in [-0.05, 0) is 36.4 Å². The van der Waals surface area contributed by atoms with E-state index in [0.29, 0.717) is 11.5 Å². The molecule has 6 heteroatoms.